The van der Waals surface area contributed by atoms with Crippen LogP contribution in [-0.4, -0.2) is 69.7 Å². The topological polar surface area (TPSA) is 98.8 Å². The monoisotopic (exact) mass is 382 g/mol. The van der Waals surface area contributed by atoms with Crippen LogP contribution >= 0.6 is 0 Å². The van der Waals surface area contributed by atoms with E-state index in [0.29, 0.717) is 5.69 Å². The van der Waals surface area contributed by atoms with Gasteiger partial charge in [-0.05, 0) is 37.5 Å². The molecular formula is C17H26N4O4S. The van der Waals surface area contributed by atoms with Gasteiger partial charge in [0, 0.05) is 32.9 Å². The third kappa shape index (κ3) is 4.95. The Labute approximate surface area is 154 Å². The first kappa shape index (κ1) is 20.2. The number of nitrogens with one attached hydrogen (secondary N) is 2. The summed E-state index contributed by atoms with van der Waals surface area (Å²) in [6, 6.07) is 4.73. The van der Waals surface area contributed by atoms with Gasteiger partial charge < -0.3 is 15.5 Å². The molecule has 144 valence electrons. The van der Waals surface area contributed by atoms with Crippen molar-refractivity contribution in [1.82, 2.24) is 14.5 Å². The first-order chi connectivity index (χ1) is 12.2. The van der Waals surface area contributed by atoms with E-state index in [2.05, 4.69) is 10.6 Å². The molecule has 1 aromatic rings. The van der Waals surface area contributed by atoms with Crippen LogP contribution < -0.4 is 10.6 Å². The van der Waals surface area contributed by atoms with Crippen LogP contribution in [-0.2, 0) is 19.6 Å². The summed E-state index contributed by atoms with van der Waals surface area (Å²) in [4.78, 5) is 25.8. The van der Waals surface area contributed by atoms with Crippen molar-refractivity contribution in [3.63, 3.8) is 0 Å². The van der Waals surface area contributed by atoms with Gasteiger partial charge in [0.25, 0.3) is 0 Å². The number of carbonyl (C=O) groups excluding carboxylic acids is 2. The van der Waals surface area contributed by atoms with Crippen LogP contribution in [0.3, 0.4) is 0 Å². The van der Waals surface area contributed by atoms with E-state index >= 15 is 0 Å². The van der Waals surface area contributed by atoms with Crippen molar-refractivity contribution in [2.45, 2.75) is 24.7 Å². The smallest absolute Gasteiger partial charge is 0.242 e. The van der Waals surface area contributed by atoms with Crippen LogP contribution in [0.25, 0.3) is 0 Å². The fraction of sp³-hybridized carbons (Fsp3) is 0.529. The Kier molecular flexibility index (Phi) is 6.60. The van der Waals surface area contributed by atoms with Gasteiger partial charge in [-0.1, -0.05) is 6.07 Å². The van der Waals surface area contributed by atoms with Crippen molar-refractivity contribution in [2.75, 3.05) is 45.6 Å². The minimum atomic E-state index is -3.54. The predicted molar refractivity (Wildman–Crippen MR) is 99.4 cm³/mol. The summed E-state index contributed by atoms with van der Waals surface area (Å²) < 4.78 is 25.6. The molecule has 0 unspecified atom stereocenters. The van der Waals surface area contributed by atoms with Crippen molar-refractivity contribution in [3.05, 3.63) is 23.8 Å². The number of likely N-dealkylation sites (tertiary alicyclic amines) is 1. The molecule has 0 aromatic heterocycles. The van der Waals surface area contributed by atoms with Gasteiger partial charge in [-0.25, -0.2) is 12.7 Å². The lowest BCUT2D eigenvalue weighted by atomic mass is 10.2. The summed E-state index contributed by atoms with van der Waals surface area (Å²) in [5.41, 5.74) is 1.39. The number of aryl methyl sites for hydroxylation is 1. The van der Waals surface area contributed by atoms with E-state index in [4.69, 9.17) is 0 Å². The maximum absolute atomic E-state index is 12.2. The molecule has 9 heteroatoms. The lowest BCUT2D eigenvalue weighted by Crippen LogP contribution is -2.40. The largest absolute Gasteiger partial charge is 0.376 e. The second-order valence-electron chi connectivity index (χ2n) is 6.48. The predicted octanol–water partition coefficient (Wildman–Crippen LogP) is 0.396. The average Bonchev–Trinajstić information content (AvgIpc) is 3.13. The van der Waals surface area contributed by atoms with Gasteiger partial charge in [-0.3, -0.25) is 9.59 Å². The van der Waals surface area contributed by atoms with Gasteiger partial charge in [0.1, 0.15) is 0 Å². The number of hydrogen-bond donors (Lipinski definition) is 2. The summed E-state index contributed by atoms with van der Waals surface area (Å²) in [5, 5.41) is 5.53. The van der Waals surface area contributed by atoms with Crippen LogP contribution in [0, 0.1) is 6.92 Å². The molecule has 1 saturated heterocycles. The van der Waals surface area contributed by atoms with Crippen LogP contribution in [0.5, 0.6) is 0 Å². The van der Waals surface area contributed by atoms with Crippen LogP contribution in [0.15, 0.2) is 23.1 Å². The molecule has 0 radical (unpaired) electrons. The number of sulfonamides is 1. The Morgan fingerprint density at radius 2 is 1.81 bits per heavy atom. The Hall–Kier alpha value is -2.13. The van der Waals surface area contributed by atoms with Crippen LogP contribution in [0.4, 0.5) is 5.69 Å². The lowest BCUT2D eigenvalue weighted by molar-refractivity contribution is -0.131. The number of rotatable bonds is 7. The Morgan fingerprint density at radius 1 is 1.15 bits per heavy atom. The van der Waals surface area contributed by atoms with Gasteiger partial charge in [-0.2, -0.15) is 0 Å². The Balaban J connectivity index is 1.92. The standard InChI is InChI=1S/C17H26N4O4S/c1-13-6-7-14(26(24,25)20(2)3)10-15(13)18-11-16(22)19-12-17(23)21-8-4-5-9-21/h6-7,10,18H,4-5,8-9,11-12H2,1-3H3,(H,19,22). The van der Waals surface area contributed by atoms with Crippen molar-refractivity contribution in [3.8, 4) is 0 Å². The molecular weight excluding hydrogens is 356 g/mol. The molecule has 1 aliphatic heterocycles. The number of hydrogen-bond acceptors (Lipinski definition) is 5. The van der Waals surface area contributed by atoms with Gasteiger partial charge >= 0.3 is 0 Å². The molecule has 1 aliphatic rings. The number of carbonyl (C=O) groups is 2. The van der Waals surface area contributed by atoms with Crippen molar-refractivity contribution < 1.29 is 18.0 Å². The normalized spacial score (nSPS) is 14.5. The highest BCUT2D eigenvalue weighted by Crippen LogP contribution is 2.21. The van der Waals surface area contributed by atoms with E-state index < -0.39 is 10.0 Å². The van der Waals surface area contributed by atoms with E-state index in [1.807, 2.05) is 6.92 Å². The van der Waals surface area contributed by atoms with E-state index in [1.54, 1.807) is 11.0 Å². The molecule has 0 bridgehead atoms. The molecule has 0 atom stereocenters. The quantitative estimate of drug-likeness (QED) is 0.711. The number of nitrogens with zero attached hydrogens (tertiary/aromatic N) is 2. The van der Waals surface area contributed by atoms with Crippen LogP contribution in [0.2, 0.25) is 0 Å². The zero-order valence-corrected chi connectivity index (χ0v) is 16.2. The summed E-state index contributed by atoms with van der Waals surface area (Å²) in [5.74, 6) is -0.399. The van der Waals surface area contributed by atoms with Crippen molar-refractivity contribution in [1.29, 1.82) is 0 Å². The maximum atomic E-state index is 12.2. The summed E-state index contributed by atoms with van der Waals surface area (Å²) in [7, 11) is -0.612. The second-order valence-corrected chi connectivity index (χ2v) is 8.63. The number of anilines is 1. The highest BCUT2D eigenvalue weighted by molar-refractivity contribution is 7.89. The molecule has 1 aromatic carbocycles. The average molecular weight is 382 g/mol. The SMILES string of the molecule is Cc1ccc(S(=O)(=O)N(C)C)cc1NCC(=O)NCC(=O)N1CCCC1. The zero-order chi connectivity index (χ0) is 19.3. The van der Waals surface area contributed by atoms with Gasteiger partial charge in [0.15, 0.2) is 0 Å². The lowest BCUT2D eigenvalue weighted by Gasteiger charge is -2.16. The fourth-order valence-corrected chi connectivity index (χ4v) is 3.58. The number of benzene rings is 1. The first-order valence-corrected chi connectivity index (χ1v) is 9.97. The maximum Gasteiger partial charge on any atom is 0.242 e. The molecule has 0 saturated carbocycles. The second kappa shape index (κ2) is 8.50. The fourth-order valence-electron chi connectivity index (χ4n) is 2.65. The van der Waals surface area contributed by atoms with Gasteiger partial charge in [0.05, 0.1) is 18.0 Å². The van der Waals surface area contributed by atoms with Gasteiger partial charge in [0.2, 0.25) is 21.8 Å². The third-order valence-electron chi connectivity index (χ3n) is 4.32. The summed E-state index contributed by atoms with van der Waals surface area (Å²) in [6.07, 6.45) is 2.01. The molecule has 1 fully saturated rings. The third-order valence-corrected chi connectivity index (χ3v) is 6.13. The molecule has 1 heterocycles. The summed E-state index contributed by atoms with van der Waals surface area (Å²) in [6.45, 7) is 3.26. The van der Waals surface area contributed by atoms with Crippen LogP contribution in [0.1, 0.15) is 18.4 Å². The minimum Gasteiger partial charge on any atom is -0.376 e. The molecule has 2 N–H and O–H groups in total. The van der Waals surface area contributed by atoms with E-state index in [1.165, 1.54) is 26.2 Å². The van der Waals surface area contributed by atoms with E-state index in [0.717, 1.165) is 35.8 Å². The minimum absolute atomic E-state index is 0.0193. The first-order valence-electron chi connectivity index (χ1n) is 8.53. The zero-order valence-electron chi connectivity index (χ0n) is 15.4. The molecule has 26 heavy (non-hydrogen) atoms. The van der Waals surface area contributed by atoms with Crippen molar-refractivity contribution >= 4 is 27.5 Å². The summed E-state index contributed by atoms with van der Waals surface area (Å²) >= 11 is 0. The Morgan fingerprint density at radius 3 is 2.42 bits per heavy atom. The van der Waals surface area contributed by atoms with Crippen molar-refractivity contribution in [2.24, 2.45) is 0 Å². The highest BCUT2D eigenvalue weighted by atomic mass is 32.2. The Bertz CT molecular complexity index is 771. The molecule has 2 amide bonds. The van der Waals surface area contributed by atoms with E-state index in [-0.39, 0.29) is 29.8 Å². The van der Waals surface area contributed by atoms with E-state index in [9.17, 15) is 18.0 Å². The molecule has 8 nitrogen and oxygen atoms in total. The highest BCUT2D eigenvalue weighted by Gasteiger charge is 2.19. The van der Waals surface area contributed by atoms with Gasteiger partial charge in [-0.15, -0.1) is 0 Å². The number of amides is 2. The molecule has 0 aliphatic carbocycles. The molecule has 2 rings (SSSR count). The molecule has 0 spiro atoms.